The van der Waals surface area contributed by atoms with Crippen LogP contribution in [0.3, 0.4) is 0 Å². The third-order valence-corrected chi connectivity index (χ3v) is 7.54. The van der Waals surface area contributed by atoms with Gasteiger partial charge in [-0.05, 0) is 113 Å². The second kappa shape index (κ2) is 10.4. The van der Waals surface area contributed by atoms with Crippen LogP contribution in [-0.4, -0.2) is 34.5 Å². The molecule has 7 nitrogen and oxygen atoms in total. The van der Waals surface area contributed by atoms with Gasteiger partial charge in [0, 0.05) is 17.8 Å². The molecule has 0 spiro atoms. The van der Waals surface area contributed by atoms with Crippen molar-refractivity contribution in [2.45, 2.75) is 59.6 Å². The van der Waals surface area contributed by atoms with Crippen molar-refractivity contribution >= 4 is 28.4 Å². The number of esters is 1. The molecule has 0 radical (unpaired) electrons. The van der Waals surface area contributed by atoms with E-state index in [1.165, 1.54) is 0 Å². The molecule has 1 saturated heterocycles. The maximum atomic E-state index is 12.5. The molecular formula is C32H38N4O3. The van der Waals surface area contributed by atoms with E-state index in [4.69, 9.17) is 25.6 Å². The summed E-state index contributed by atoms with van der Waals surface area (Å²) < 4.78 is 11.8. The summed E-state index contributed by atoms with van der Waals surface area (Å²) >= 11 is 0. The van der Waals surface area contributed by atoms with Gasteiger partial charge in [0.1, 0.15) is 11.1 Å². The number of aromatic nitrogens is 1. The number of rotatable bonds is 5. The zero-order chi connectivity index (χ0) is 27.9. The number of nitrogens with two attached hydrogens (primary N) is 2. The van der Waals surface area contributed by atoms with Gasteiger partial charge in [0.15, 0.2) is 5.58 Å². The molecule has 39 heavy (non-hydrogen) atoms. The summed E-state index contributed by atoms with van der Waals surface area (Å²) in [6, 6.07) is 16.2. The van der Waals surface area contributed by atoms with Gasteiger partial charge in [-0.15, -0.1) is 0 Å². The van der Waals surface area contributed by atoms with Gasteiger partial charge in [0.25, 0.3) is 0 Å². The molecule has 0 aliphatic carbocycles. The molecule has 1 aromatic heterocycles. The minimum absolute atomic E-state index is 0.0405. The minimum Gasteiger partial charge on any atom is -0.460 e. The lowest BCUT2D eigenvalue weighted by molar-refractivity contribution is -0.161. The fraction of sp³-hybridized carbons (Fsp3) is 0.375. The number of likely N-dealkylation sites (tertiary alicyclic amines) is 1. The van der Waals surface area contributed by atoms with Crippen LogP contribution in [0.25, 0.3) is 33.7 Å². The first-order valence-corrected chi connectivity index (χ1v) is 13.6. The molecule has 5 rings (SSSR count). The van der Waals surface area contributed by atoms with Crippen molar-refractivity contribution < 1.29 is 13.9 Å². The highest BCUT2D eigenvalue weighted by Crippen LogP contribution is 2.36. The lowest BCUT2D eigenvalue weighted by Gasteiger charge is -2.32. The maximum Gasteiger partial charge on any atom is 0.309 e. The Kier molecular flexibility index (Phi) is 7.12. The second-order valence-corrected chi connectivity index (χ2v) is 11.6. The zero-order valence-electron chi connectivity index (χ0n) is 23.5. The van der Waals surface area contributed by atoms with Crippen molar-refractivity contribution in [2.24, 2.45) is 5.92 Å². The Hall–Kier alpha value is -3.84. The SMILES string of the molecule is Cc1c(N)cccc1-c1cccc(-c2nc3cc(CN4CCC(C(=O)OC(C)(C)C)CC4)cc(N)c3o2)c1C. The van der Waals surface area contributed by atoms with Gasteiger partial charge in [-0.1, -0.05) is 24.3 Å². The Morgan fingerprint density at radius 2 is 1.62 bits per heavy atom. The monoisotopic (exact) mass is 526 g/mol. The smallest absolute Gasteiger partial charge is 0.309 e. The normalized spacial score (nSPS) is 15.1. The predicted octanol–water partition coefficient (Wildman–Crippen LogP) is 6.50. The van der Waals surface area contributed by atoms with Crippen LogP contribution in [-0.2, 0) is 16.1 Å². The Morgan fingerprint density at radius 1 is 0.974 bits per heavy atom. The number of hydrogen-bond acceptors (Lipinski definition) is 7. The summed E-state index contributed by atoms with van der Waals surface area (Å²) in [6.45, 7) is 12.3. The lowest BCUT2D eigenvalue weighted by Crippen LogP contribution is -2.38. The van der Waals surface area contributed by atoms with Crippen LogP contribution in [0, 0.1) is 19.8 Å². The van der Waals surface area contributed by atoms with Crippen molar-refractivity contribution in [2.75, 3.05) is 24.6 Å². The number of piperidine rings is 1. The summed E-state index contributed by atoms with van der Waals surface area (Å²) in [7, 11) is 0. The zero-order valence-corrected chi connectivity index (χ0v) is 23.5. The molecular weight excluding hydrogens is 488 g/mol. The molecule has 0 amide bonds. The van der Waals surface area contributed by atoms with E-state index in [1.807, 2.05) is 58.0 Å². The van der Waals surface area contributed by atoms with Crippen molar-refractivity contribution in [1.29, 1.82) is 0 Å². The number of nitrogens with zero attached hydrogens (tertiary/aromatic N) is 2. The van der Waals surface area contributed by atoms with Gasteiger partial charge < -0.3 is 20.6 Å². The highest BCUT2D eigenvalue weighted by Gasteiger charge is 2.29. The molecule has 1 aliphatic heterocycles. The average Bonchev–Trinajstić information content (AvgIpc) is 3.30. The minimum atomic E-state index is -0.452. The molecule has 0 saturated carbocycles. The van der Waals surface area contributed by atoms with E-state index in [-0.39, 0.29) is 11.9 Å². The first-order valence-electron chi connectivity index (χ1n) is 13.6. The van der Waals surface area contributed by atoms with Gasteiger partial charge in [0.2, 0.25) is 5.89 Å². The summed E-state index contributed by atoms with van der Waals surface area (Å²) in [5, 5.41) is 0. The number of benzene rings is 3. The standard InChI is InChI=1S/C32H38N4O3/c1-19-23(24-9-7-11-26(33)20(24)2)8-6-10-25(19)30-35-28-17-21(16-27(34)29(28)38-30)18-36-14-12-22(13-15-36)31(37)39-32(3,4)5/h6-11,16-17,22H,12-15,18,33-34H2,1-5H3. The molecule has 3 aromatic carbocycles. The third kappa shape index (κ3) is 5.64. The van der Waals surface area contributed by atoms with Crippen LogP contribution in [0.2, 0.25) is 0 Å². The van der Waals surface area contributed by atoms with Crippen LogP contribution in [0.15, 0.2) is 52.9 Å². The fourth-order valence-corrected chi connectivity index (χ4v) is 5.40. The lowest BCUT2D eigenvalue weighted by atomic mass is 9.93. The van der Waals surface area contributed by atoms with Crippen molar-refractivity contribution in [3.63, 3.8) is 0 Å². The van der Waals surface area contributed by atoms with Crippen LogP contribution < -0.4 is 11.5 Å². The number of fused-ring (bicyclic) bond motifs is 1. The number of anilines is 2. The van der Waals surface area contributed by atoms with E-state index >= 15 is 0 Å². The van der Waals surface area contributed by atoms with Gasteiger partial charge in [0.05, 0.1) is 11.6 Å². The largest absolute Gasteiger partial charge is 0.460 e. The Labute approximate surface area is 230 Å². The molecule has 1 fully saturated rings. The molecule has 4 aromatic rings. The number of hydrogen-bond donors (Lipinski definition) is 2. The van der Waals surface area contributed by atoms with Crippen LogP contribution in [0.1, 0.15) is 50.3 Å². The Balaban J connectivity index is 1.35. The molecule has 2 heterocycles. The first-order chi connectivity index (χ1) is 18.5. The van der Waals surface area contributed by atoms with Crippen molar-refractivity contribution in [1.82, 2.24) is 9.88 Å². The van der Waals surface area contributed by atoms with E-state index in [0.717, 1.165) is 77.1 Å². The van der Waals surface area contributed by atoms with Crippen LogP contribution in [0.5, 0.6) is 0 Å². The van der Waals surface area contributed by atoms with E-state index in [1.54, 1.807) is 0 Å². The predicted molar refractivity (Wildman–Crippen MR) is 157 cm³/mol. The number of carbonyl (C=O) groups excluding carboxylic acids is 1. The summed E-state index contributed by atoms with van der Waals surface area (Å²) in [5.74, 6) is 0.419. The number of ether oxygens (including phenoxy) is 1. The average molecular weight is 527 g/mol. The molecule has 4 N–H and O–H groups in total. The molecule has 7 heteroatoms. The molecule has 1 aliphatic rings. The topological polar surface area (TPSA) is 108 Å². The quantitative estimate of drug-likeness (QED) is 0.226. The van der Waals surface area contributed by atoms with E-state index in [0.29, 0.717) is 17.2 Å². The highest BCUT2D eigenvalue weighted by atomic mass is 16.6. The third-order valence-electron chi connectivity index (χ3n) is 7.54. The summed E-state index contributed by atoms with van der Waals surface area (Å²) in [6.07, 6.45) is 1.59. The Bertz CT molecular complexity index is 1520. The van der Waals surface area contributed by atoms with Crippen LogP contribution in [0.4, 0.5) is 11.4 Å². The van der Waals surface area contributed by atoms with Gasteiger partial charge in [-0.2, -0.15) is 0 Å². The van der Waals surface area contributed by atoms with Gasteiger partial charge >= 0.3 is 5.97 Å². The number of oxazole rings is 1. The van der Waals surface area contributed by atoms with Gasteiger partial charge in [-0.25, -0.2) is 4.98 Å². The van der Waals surface area contributed by atoms with E-state index < -0.39 is 5.60 Å². The highest BCUT2D eigenvalue weighted by molar-refractivity contribution is 5.88. The second-order valence-electron chi connectivity index (χ2n) is 11.6. The summed E-state index contributed by atoms with van der Waals surface area (Å²) in [4.78, 5) is 19.7. The molecule has 0 unspecified atom stereocenters. The fourth-order valence-electron chi connectivity index (χ4n) is 5.40. The first kappa shape index (κ1) is 26.8. The summed E-state index contributed by atoms with van der Waals surface area (Å²) in [5.41, 5.74) is 21.2. The maximum absolute atomic E-state index is 12.5. The van der Waals surface area contributed by atoms with E-state index in [2.05, 4.69) is 30.0 Å². The number of carbonyl (C=O) groups is 1. The van der Waals surface area contributed by atoms with Crippen LogP contribution >= 0.6 is 0 Å². The Morgan fingerprint density at radius 3 is 2.31 bits per heavy atom. The van der Waals surface area contributed by atoms with E-state index in [9.17, 15) is 4.79 Å². The van der Waals surface area contributed by atoms with Crippen molar-refractivity contribution in [3.05, 3.63) is 65.2 Å². The number of nitrogen functional groups attached to an aromatic ring is 2. The van der Waals surface area contributed by atoms with Gasteiger partial charge in [-0.3, -0.25) is 9.69 Å². The molecule has 0 atom stereocenters. The molecule has 204 valence electrons. The molecule has 0 bridgehead atoms. The van der Waals surface area contributed by atoms with Crippen molar-refractivity contribution in [3.8, 4) is 22.6 Å².